The SMILES string of the molecule is COc1cccc(NC(=O)CCN2C(=O)[C@@H]3Cc4cc(OC)c(OC)cc4CN3C2=O)c1. The van der Waals surface area contributed by atoms with Crippen molar-refractivity contribution < 1.29 is 28.6 Å². The van der Waals surface area contributed by atoms with E-state index < -0.39 is 6.04 Å². The summed E-state index contributed by atoms with van der Waals surface area (Å²) in [5.41, 5.74) is 2.45. The van der Waals surface area contributed by atoms with Gasteiger partial charge in [0.05, 0.1) is 21.3 Å². The highest BCUT2D eigenvalue weighted by Gasteiger charge is 2.47. The van der Waals surface area contributed by atoms with Crippen LogP contribution in [-0.4, -0.2) is 61.6 Å². The lowest BCUT2D eigenvalue weighted by molar-refractivity contribution is -0.128. The number of fused-ring (bicyclic) bond motifs is 2. The zero-order valence-electron chi connectivity index (χ0n) is 18.2. The molecular formula is C23H25N3O6. The predicted molar refractivity (Wildman–Crippen MR) is 116 cm³/mol. The number of carbonyl (C=O) groups excluding carboxylic acids is 3. The van der Waals surface area contributed by atoms with Crippen LogP contribution in [0.25, 0.3) is 0 Å². The van der Waals surface area contributed by atoms with Crippen molar-refractivity contribution in [3.63, 3.8) is 0 Å². The molecule has 2 heterocycles. The lowest BCUT2D eigenvalue weighted by Crippen LogP contribution is -2.40. The molecule has 0 aromatic heterocycles. The fourth-order valence-electron chi connectivity index (χ4n) is 4.11. The first-order valence-corrected chi connectivity index (χ1v) is 10.2. The first kappa shape index (κ1) is 21.5. The summed E-state index contributed by atoms with van der Waals surface area (Å²) < 4.78 is 15.9. The molecule has 1 saturated heterocycles. The molecule has 0 bridgehead atoms. The van der Waals surface area contributed by atoms with Crippen LogP contribution in [0, 0.1) is 0 Å². The Kier molecular flexibility index (Phi) is 5.89. The third kappa shape index (κ3) is 3.93. The van der Waals surface area contributed by atoms with E-state index in [4.69, 9.17) is 14.2 Å². The van der Waals surface area contributed by atoms with Gasteiger partial charge in [0.2, 0.25) is 5.91 Å². The number of imide groups is 1. The maximum absolute atomic E-state index is 13.0. The van der Waals surface area contributed by atoms with Crippen molar-refractivity contribution in [2.24, 2.45) is 0 Å². The van der Waals surface area contributed by atoms with Crippen molar-refractivity contribution in [3.8, 4) is 17.2 Å². The topological polar surface area (TPSA) is 97.4 Å². The maximum atomic E-state index is 13.0. The molecule has 168 valence electrons. The Morgan fingerprint density at radius 2 is 1.75 bits per heavy atom. The molecule has 0 radical (unpaired) electrons. The molecule has 2 aromatic carbocycles. The monoisotopic (exact) mass is 439 g/mol. The molecule has 1 N–H and O–H groups in total. The van der Waals surface area contributed by atoms with E-state index in [0.29, 0.717) is 35.9 Å². The average molecular weight is 439 g/mol. The zero-order valence-corrected chi connectivity index (χ0v) is 18.2. The number of nitrogens with zero attached hydrogens (tertiary/aromatic N) is 2. The van der Waals surface area contributed by atoms with Crippen LogP contribution in [-0.2, 0) is 22.6 Å². The van der Waals surface area contributed by atoms with E-state index in [0.717, 1.165) is 16.0 Å². The number of methoxy groups -OCH3 is 3. The van der Waals surface area contributed by atoms with Crippen molar-refractivity contribution >= 4 is 23.5 Å². The highest BCUT2D eigenvalue weighted by Crippen LogP contribution is 2.37. The van der Waals surface area contributed by atoms with E-state index in [1.807, 2.05) is 12.1 Å². The van der Waals surface area contributed by atoms with Crippen LogP contribution in [0.3, 0.4) is 0 Å². The number of hydrogen-bond donors (Lipinski definition) is 1. The van der Waals surface area contributed by atoms with Gasteiger partial charge in [0.15, 0.2) is 11.5 Å². The number of benzene rings is 2. The molecule has 0 aliphatic carbocycles. The van der Waals surface area contributed by atoms with Crippen molar-refractivity contribution in [2.45, 2.75) is 25.4 Å². The van der Waals surface area contributed by atoms with Gasteiger partial charge in [0, 0.05) is 37.7 Å². The number of rotatable bonds is 7. The minimum atomic E-state index is -0.574. The summed E-state index contributed by atoms with van der Waals surface area (Å²) in [6.07, 6.45) is 0.399. The van der Waals surface area contributed by atoms with E-state index in [9.17, 15) is 14.4 Å². The molecular weight excluding hydrogens is 414 g/mol. The van der Waals surface area contributed by atoms with Crippen molar-refractivity contribution in [3.05, 3.63) is 47.5 Å². The maximum Gasteiger partial charge on any atom is 0.327 e. The Hall–Kier alpha value is -3.75. The van der Waals surface area contributed by atoms with Crippen LogP contribution < -0.4 is 19.5 Å². The van der Waals surface area contributed by atoms with E-state index in [-0.39, 0.29) is 30.8 Å². The Balaban J connectivity index is 1.42. The van der Waals surface area contributed by atoms with Crippen molar-refractivity contribution in [1.82, 2.24) is 9.80 Å². The zero-order chi connectivity index (χ0) is 22.8. The molecule has 2 aliphatic heterocycles. The van der Waals surface area contributed by atoms with Gasteiger partial charge >= 0.3 is 6.03 Å². The molecule has 4 rings (SSSR count). The van der Waals surface area contributed by atoms with Gasteiger partial charge in [0.25, 0.3) is 5.91 Å². The summed E-state index contributed by atoms with van der Waals surface area (Å²) in [5.74, 6) is 1.21. The van der Waals surface area contributed by atoms with Gasteiger partial charge in [-0.1, -0.05) is 6.07 Å². The molecule has 4 amide bonds. The van der Waals surface area contributed by atoms with Crippen LogP contribution in [0.5, 0.6) is 17.2 Å². The largest absolute Gasteiger partial charge is 0.497 e. The Morgan fingerprint density at radius 1 is 1.03 bits per heavy atom. The van der Waals surface area contributed by atoms with Crippen LogP contribution >= 0.6 is 0 Å². The summed E-state index contributed by atoms with van der Waals surface area (Å²) in [6.45, 7) is 0.320. The Bertz CT molecular complexity index is 1020. The molecule has 2 aromatic rings. The van der Waals surface area contributed by atoms with Gasteiger partial charge in [-0.25, -0.2) is 4.79 Å². The van der Waals surface area contributed by atoms with E-state index in [2.05, 4.69) is 5.32 Å². The summed E-state index contributed by atoms with van der Waals surface area (Å²) in [4.78, 5) is 41.0. The number of anilines is 1. The second-order valence-electron chi connectivity index (χ2n) is 7.63. The van der Waals surface area contributed by atoms with Gasteiger partial charge in [-0.15, -0.1) is 0 Å². The lowest BCUT2D eigenvalue weighted by atomic mass is 9.94. The van der Waals surface area contributed by atoms with Crippen LogP contribution in [0.4, 0.5) is 10.5 Å². The second-order valence-corrected chi connectivity index (χ2v) is 7.63. The molecule has 0 saturated carbocycles. The molecule has 1 atom stereocenters. The number of amides is 4. The van der Waals surface area contributed by atoms with E-state index in [1.54, 1.807) is 50.5 Å². The predicted octanol–water partition coefficient (Wildman–Crippen LogP) is 2.43. The first-order chi connectivity index (χ1) is 15.4. The van der Waals surface area contributed by atoms with Crippen LogP contribution in [0.1, 0.15) is 17.5 Å². The fourth-order valence-corrected chi connectivity index (χ4v) is 4.11. The highest BCUT2D eigenvalue weighted by molar-refractivity contribution is 6.05. The Labute approximate surface area is 185 Å². The van der Waals surface area contributed by atoms with Gasteiger partial charge in [-0.05, 0) is 35.4 Å². The molecule has 1 fully saturated rings. The summed E-state index contributed by atoms with van der Waals surface area (Å²) in [5, 5.41) is 2.76. The average Bonchev–Trinajstić information content (AvgIpc) is 3.04. The third-order valence-electron chi connectivity index (χ3n) is 5.78. The van der Waals surface area contributed by atoms with Crippen LogP contribution in [0.15, 0.2) is 36.4 Å². The van der Waals surface area contributed by atoms with Crippen molar-refractivity contribution in [1.29, 1.82) is 0 Å². The fraction of sp³-hybridized carbons (Fsp3) is 0.348. The molecule has 9 heteroatoms. The molecule has 0 spiro atoms. The normalized spacial score (nSPS) is 17.0. The number of hydrogen-bond acceptors (Lipinski definition) is 6. The molecule has 9 nitrogen and oxygen atoms in total. The van der Waals surface area contributed by atoms with Gasteiger partial charge in [0.1, 0.15) is 11.8 Å². The number of ether oxygens (including phenoxy) is 3. The van der Waals surface area contributed by atoms with Crippen LogP contribution in [0.2, 0.25) is 0 Å². The number of urea groups is 1. The minimum Gasteiger partial charge on any atom is -0.497 e. The first-order valence-electron chi connectivity index (χ1n) is 10.2. The standard InChI is InChI=1S/C23H25N3O6/c1-30-17-6-4-5-16(12-17)24-21(27)7-8-25-22(28)18-9-14-10-19(31-2)20(32-3)11-15(14)13-26(18)23(25)29/h4-6,10-12,18H,7-9,13H2,1-3H3,(H,24,27)/t18-/m0/s1. The van der Waals surface area contributed by atoms with Crippen molar-refractivity contribution in [2.75, 3.05) is 33.2 Å². The highest BCUT2D eigenvalue weighted by atomic mass is 16.5. The molecule has 0 unspecified atom stereocenters. The molecule has 2 aliphatic rings. The summed E-state index contributed by atoms with van der Waals surface area (Å²) in [7, 11) is 4.66. The smallest absolute Gasteiger partial charge is 0.327 e. The summed E-state index contributed by atoms with van der Waals surface area (Å²) in [6, 6.07) is 9.72. The third-order valence-corrected chi connectivity index (χ3v) is 5.78. The van der Waals surface area contributed by atoms with E-state index in [1.165, 1.54) is 0 Å². The lowest BCUT2D eigenvalue weighted by Gasteiger charge is -2.29. The minimum absolute atomic E-state index is 0.00381. The van der Waals surface area contributed by atoms with Gasteiger partial charge in [-0.3, -0.25) is 14.5 Å². The van der Waals surface area contributed by atoms with Gasteiger partial charge in [-0.2, -0.15) is 0 Å². The van der Waals surface area contributed by atoms with E-state index >= 15 is 0 Å². The summed E-state index contributed by atoms with van der Waals surface area (Å²) >= 11 is 0. The quantitative estimate of drug-likeness (QED) is 0.666. The van der Waals surface area contributed by atoms with Gasteiger partial charge < -0.3 is 24.4 Å². The number of nitrogens with one attached hydrogen (secondary N) is 1. The second kappa shape index (κ2) is 8.78. The Morgan fingerprint density at radius 3 is 2.44 bits per heavy atom. The molecule has 32 heavy (non-hydrogen) atoms. The number of carbonyl (C=O) groups is 3.